The first-order valence-corrected chi connectivity index (χ1v) is 9.32. The fourth-order valence-corrected chi connectivity index (χ4v) is 4.08. The van der Waals surface area contributed by atoms with Crippen molar-refractivity contribution < 1.29 is 4.92 Å². The molecule has 0 saturated carbocycles. The molecule has 1 N–H and O–H groups in total. The minimum Gasteiger partial charge on any atom is -0.363 e. The van der Waals surface area contributed by atoms with Crippen LogP contribution in [0.1, 0.15) is 5.69 Å². The summed E-state index contributed by atoms with van der Waals surface area (Å²) in [5, 5.41) is 19.1. The van der Waals surface area contributed by atoms with Crippen molar-refractivity contribution in [3.8, 4) is 10.6 Å². The zero-order chi connectivity index (χ0) is 17.2. The smallest absolute Gasteiger partial charge is 0.363 e. The molecule has 0 saturated heterocycles. The van der Waals surface area contributed by atoms with Gasteiger partial charge in [-0.05, 0) is 4.92 Å². The summed E-state index contributed by atoms with van der Waals surface area (Å²) < 4.78 is 1.49. The highest BCUT2D eigenvalue weighted by Gasteiger charge is 2.23. The Bertz CT molecular complexity index is 1020. The number of nitrogens with zero attached hydrogens (tertiary/aromatic N) is 4. The number of aromatic nitrogens is 3. The number of fused-ring (bicyclic) bond motifs is 1. The Morgan fingerprint density at radius 3 is 2.84 bits per heavy atom. The minimum atomic E-state index is -0.411. The maximum absolute atomic E-state index is 11.3. The molecule has 3 aromatic heterocycles. The Morgan fingerprint density at radius 2 is 2.04 bits per heavy atom. The third kappa shape index (κ3) is 3.11. The van der Waals surface area contributed by atoms with Gasteiger partial charge in [-0.3, -0.25) is 0 Å². The Hall–Kier alpha value is -2.78. The number of hydrogen-bond donors (Lipinski definition) is 1. The summed E-state index contributed by atoms with van der Waals surface area (Å²) in [5.74, 6) is 0.273. The minimum absolute atomic E-state index is 0.0282. The molecule has 0 spiro atoms. The molecule has 0 aliphatic rings. The Morgan fingerprint density at radius 1 is 1.20 bits per heavy atom. The number of imidazole rings is 1. The summed E-state index contributed by atoms with van der Waals surface area (Å²) in [5.41, 5.74) is 2.05. The van der Waals surface area contributed by atoms with Crippen molar-refractivity contribution in [3.05, 3.63) is 63.1 Å². The van der Waals surface area contributed by atoms with Gasteiger partial charge in [0, 0.05) is 29.3 Å². The monoisotopic (exact) mass is 371 g/mol. The number of nitro groups is 1. The van der Waals surface area contributed by atoms with Crippen LogP contribution in [-0.4, -0.2) is 25.8 Å². The summed E-state index contributed by atoms with van der Waals surface area (Å²) in [7, 11) is 0. The topological polar surface area (TPSA) is 85.4 Å². The quantitative estimate of drug-likeness (QED) is 0.408. The van der Waals surface area contributed by atoms with Crippen LogP contribution < -0.4 is 5.32 Å². The third-order valence-electron chi connectivity index (χ3n) is 3.66. The average Bonchev–Trinajstić information content (AvgIpc) is 3.31. The fraction of sp³-hybridized carbons (Fsp3) is 0.125. The van der Waals surface area contributed by atoms with Crippen molar-refractivity contribution in [2.24, 2.45) is 0 Å². The second-order valence-corrected chi connectivity index (χ2v) is 7.01. The molecule has 0 amide bonds. The van der Waals surface area contributed by atoms with Gasteiger partial charge in [0.15, 0.2) is 0 Å². The van der Waals surface area contributed by atoms with Crippen molar-refractivity contribution in [2.75, 3.05) is 11.9 Å². The van der Waals surface area contributed by atoms with Gasteiger partial charge in [0.2, 0.25) is 5.82 Å². The number of hydrogen-bond acceptors (Lipinski definition) is 7. The van der Waals surface area contributed by atoms with E-state index in [1.807, 2.05) is 35.7 Å². The number of nitrogens with one attached hydrogen (secondary N) is 1. The van der Waals surface area contributed by atoms with Crippen molar-refractivity contribution >= 4 is 39.3 Å². The highest BCUT2D eigenvalue weighted by molar-refractivity contribution is 7.15. The van der Waals surface area contributed by atoms with Crippen molar-refractivity contribution in [1.82, 2.24) is 14.4 Å². The summed E-state index contributed by atoms with van der Waals surface area (Å²) in [6.07, 6.45) is 2.33. The normalized spacial score (nSPS) is 11.0. The van der Waals surface area contributed by atoms with Crippen LogP contribution in [0.5, 0.6) is 0 Å². The van der Waals surface area contributed by atoms with Crippen LogP contribution in [0.3, 0.4) is 0 Å². The zero-order valence-electron chi connectivity index (χ0n) is 13.0. The molecule has 7 nitrogen and oxygen atoms in total. The van der Waals surface area contributed by atoms with Crippen molar-refractivity contribution in [1.29, 1.82) is 0 Å². The average molecular weight is 371 g/mol. The maximum atomic E-state index is 11.3. The van der Waals surface area contributed by atoms with Crippen LogP contribution in [0.15, 0.2) is 47.3 Å². The summed E-state index contributed by atoms with van der Waals surface area (Å²) >= 11 is 2.96. The lowest BCUT2D eigenvalue weighted by Gasteiger charge is -2.01. The van der Waals surface area contributed by atoms with Gasteiger partial charge in [-0.25, -0.2) is 4.98 Å². The molecule has 0 bridgehead atoms. The van der Waals surface area contributed by atoms with Crippen LogP contribution in [0, 0.1) is 10.1 Å². The number of rotatable bonds is 6. The first kappa shape index (κ1) is 15.7. The second kappa shape index (κ2) is 6.61. The molecule has 9 heteroatoms. The molecular weight excluding hydrogens is 358 g/mol. The predicted molar refractivity (Wildman–Crippen MR) is 99.5 cm³/mol. The van der Waals surface area contributed by atoms with E-state index in [-0.39, 0.29) is 5.82 Å². The number of thiazole rings is 2. The van der Waals surface area contributed by atoms with Gasteiger partial charge in [0.25, 0.3) is 4.96 Å². The summed E-state index contributed by atoms with van der Waals surface area (Å²) in [6.45, 7) is 0.531. The molecular formula is C16H13N5O2S2. The van der Waals surface area contributed by atoms with Crippen LogP contribution >= 0.6 is 22.7 Å². The lowest BCUT2D eigenvalue weighted by molar-refractivity contribution is -0.389. The van der Waals surface area contributed by atoms with Gasteiger partial charge in [-0.2, -0.15) is 9.38 Å². The van der Waals surface area contributed by atoms with Gasteiger partial charge < -0.3 is 15.4 Å². The number of anilines is 1. The first-order valence-electron chi connectivity index (χ1n) is 7.56. The van der Waals surface area contributed by atoms with Crippen molar-refractivity contribution in [2.45, 2.75) is 6.42 Å². The molecule has 4 rings (SSSR count). The van der Waals surface area contributed by atoms with E-state index in [2.05, 4.69) is 15.3 Å². The molecule has 126 valence electrons. The van der Waals surface area contributed by atoms with E-state index in [1.165, 1.54) is 15.7 Å². The Kier molecular flexibility index (Phi) is 4.16. The molecule has 0 fully saturated rings. The van der Waals surface area contributed by atoms with Crippen LogP contribution in [-0.2, 0) is 6.42 Å². The Labute approximate surface area is 150 Å². The van der Waals surface area contributed by atoms with E-state index in [9.17, 15) is 10.1 Å². The molecule has 0 radical (unpaired) electrons. The van der Waals surface area contributed by atoms with Gasteiger partial charge >= 0.3 is 5.82 Å². The largest absolute Gasteiger partial charge is 0.372 e. The molecule has 0 unspecified atom stereocenters. The van der Waals surface area contributed by atoms with E-state index >= 15 is 0 Å². The maximum Gasteiger partial charge on any atom is 0.372 e. The second-order valence-electron chi connectivity index (χ2n) is 5.28. The van der Waals surface area contributed by atoms with E-state index < -0.39 is 4.92 Å². The SMILES string of the molecule is O=[N+]([O-])c1c(NCCc2csc(-c3ccccc3)n2)nc2sccn12. The lowest BCUT2D eigenvalue weighted by Crippen LogP contribution is -2.07. The van der Waals surface area contributed by atoms with E-state index in [0.29, 0.717) is 23.7 Å². The lowest BCUT2D eigenvalue weighted by atomic mass is 10.2. The summed E-state index contributed by atoms with van der Waals surface area (Å²) in [4.78, 5) is 20.4. The van der Waals surface area contributed by atoms with Gasteiger partial charge in [-0.1, -0.05) is 41.7 Å². The van der Waals surface area contributed by atoms with E-state index in [4.69, 9.17) is 0 Å². The number of benzene rings is 1. The van der Waals surface area contributed by atoms with E-state index in [0.717, 1.165) is 16.3 Å². The Balaban J connectivity index is 1.45. The van der Waals surface area contributed by atoms with Crippen LogP contribution in [0.4, 0.5) is 11.6 Å². The van der Waals surface area contributed by atoms with Gasteiger partial charge in [0.1, 0.15) is 11.2 Å². The molecule has 1 aromatic carbocycles. The molecule has 0 aliphatic carbocycles. The van der Waals surface area contributed by atoms with Crippen molar-refractivity contribution in [3.63, 3.8) is 0 Å². The highest BCUT2D eigenvalue weighted by Crippen LogP contribution is 2.28. The predicted octanol–water partition coefficient (Wildman–Crippen LogP) is 4.08. The fourth-order valence-electron chi connectivity index (χ4n) is 2.51. The molecule has 25 heavy (non-hydrogen) atoms. The van der Waals surface area contributed by atoms with Crippen LogP contribution in [0.2, 0.25) is 0 Å². The van der Waals surface area contributed by atoms with Crippen LogP contribution in [0.25, 0.3) is 15.5 Å². The molecule has 3 heterocycles. The molecule has 0 atom stereocenters. The molecule has 0 aliphatic heterocycles. The standard InChI is InChI=1S/C16H13N5O2S2/c22-21(23)15-13(19-16-20(15)8-9-24-16)17-7-6-12-10-25-14(18-12)11-4-2-1-3-5-11/h1-5,8-10,17H,6-7H2. The first-order chi connectivity index (χ1) is 12.2. The zero-order valence-corrected chi connectivity index (χ0v) is 14.6. The molecule has 4 aromatic rings. The van der Waals surface area contributed by atoms with Gasteiger partial charge in [-0.15, -0.1) is 11.3 Å². The van der Waals surface area contributed by atoms with Gasteiger partial charge in [0.05, 0.1) is 5.69 Å². The van der Waals surface area contributed by atoms with E-state index in [1.54, 1.807) is 22.9 Å². The highest BCUT2D eigenvalue weighted by atomic mass is 32.1. The summed E-state index contributed by atoms with van der Waals surface area (Å²) in [6, 6.07) is 10.0. The third-order valence-corrected chi connectivity index (χ3v) is 5.35.